The molecule has 152 valence electrons. The zero-order valence-corrected chi connectivity index (χ0v) is 17.1. The Balaban J connectivity index is 2.25. The van der Waals surface area contributed by atoms with Gasteiger partial charge in [0, 0.05) is 24.9 Å². The van der Waals surface area contributed by atoms with Crippen molar-refractivity contribution in [3.05, 3.63) is 59.3 Å². The first-order valence-electron chi connectivity index (χ1n) is 9.50. The molecule has 0 aromatic heterocycles. The van der Waals surface area contributed by atoms with Crippen molar-refractivity contribution in [3.63, 3.8) is 0 Å². The van der Waals surface area contributed by atoms with Crippen LogP contribution in [0.25, 0.3) is 0 Å². The smallest absolute Gasteiger partial charge is 0.191 e. The summed E-state index contributed by atoms with van der Waals surface area (Å²) in [5.74, 6) is 0.215. The lowest BCUT2D eigenvalue weighted by Gasteiger charge is -2.45. The maximum absolute atomic E-state index is 10.1. The molecule has 7 nitrogen and oxygen atoms in total. The molecule has 1 aromatic rings. The summed E-state index contributed by atoms with van der Waals surface area (Å²) in [5.41, 5.74) is 6.43. The van der Waals surface area contributed by atoms with E-state index in [0.29, 0.717) is 31.2 Å². The molecule has 0 bridgehead atoms. The number of allylic oxidation sites excluding steroid dienone is 2. The minimum atomic E-state index is -1.67. The van der Waals surface area contributed by atoms with E-state index in [1.54, 1.807) is 18.2 Å². The molecule has 2 atom stereocenters. The van der Waals surface area contributed by atoms with Crippen molar-refractivity contribution in [1.82, 2.24) is 4.90 Å². The Kier molecular flexibility index (Phi) is 5.83. The van der Waals surface area contributed by atoms with E-state index >= 15 is 0 Å². The molecule has 30 heavy (non-hydrogen) atoms. The van der Waals surface area contributed by atoms with Crippen LogP contribution in [0.3, 0.4) is 0 Å². The molecule has 1 aliphatic heterocycles. The number of nitriles is 3. The van der Waals surface area contributed by atoms with Gasteiger partial charge >= 0.3 is 0 Å². The van der Waals surface area contributed by atoms with Crippen LogP contribution in [0.2, 0.25) is 0 Å². The molecule has 0 amide bonds. The van der Waals surface area contributed by atoms with Gasteiger partial charge in [0.2, 0.25) is 0 Å². The minimum Gasteiger partial charge on any atom is -0.493 e. The maximum atomic E-state index is 10.1. The number of methoxy groups -OCH3 is 1. The largest absolute Gasteiger partial charge is 0.493 e. The van der Waals surface area contributed by atoms with Crippen LogP contribution in [0.1, 0.15) is 11.5 Å². The van der Waals surface area contributed by atoms with Crippen molar-refractivity contribution in [1.29, 1.82) is 15.8 Å². The van der Waals surface area contributed by atoms with E-state index in [1.165, 1.54) is 7.11 Å². The molecule has 0 saturated carbocycles. The van der Waals surface area contributed by atoms with Crippen molar-refractivity contribution in [3.8, 4) is 29.7 Å². The third kappa shape index (κ3) is 3.18. The molecule has 1 aromatic carbocycles. The number of hydrogen-bond acceptors (Lipinski definition) is 7. The number of fused-ring (bicyclic) bond motifs is 1. The number of nitrogens with two attached hydrogens (primary N) is 1. The number of benzene rings is 1. The summed E-state index contributed by atoms with van der Waals surface area (Å²) < 4.78 is 11.1. The average molecular weight is 401 g/mol. The Labute approximate surface area is 176 Å². The van der Waals surface area contributed by atoms with Crippen LogP contribution in [0.4, 0.5) is 0 Å². The lowest BCUT2D eigenvalue weighted by molar-refractivity contribution is 0.237. The van der Waals surface area contributed by atoms with E-state index in [9.17, 15) is 15.8 Å². The highest BCUT2D eigenvalue weighted by molar-refractivity contribution is 5.60. The van der Waals surface area contributed by atoms with E-state index in [-0.39, 0.29) is 17.2 Å². The van der Waals surface area contributed by atoms with Crippen molar-refractivity contribution in [2.75, 3.05) is 33.9 Å². The van der Waals surface area contributed by atoms with Gasteiger partial charge in [0.05, 0.1) is 30.5 Å². The number of likely N-dealkylation sites (N-methyl/N-ethyl adjacent to an activating group) is 1. The molecule has 0 saturated heterocycles. The molecule has 0 fully saturated rings. The van der Waals surface area contributed by atoms with Crippen LogP contribution < -0.4 is 15.2 Å². The molecule has 0 spiro atoms. The zero-order chi connectivity index (χ0) is 21.9. The van der Waals surface area contributed by atoms with Crippen molar-refractivity contribution < 1.29 is 9.47 Å². The molecule has 7 heteroatoms. The fourth-order valence-electron chi connectivity index (χ4n) is 4.35. The Morgan fingerprint density at radius 3 is 2.63 bits per heavy atom. The predicted octanol–water partition coefficient (Wildman–Crippen LogP) is 2.62. The van der Waals surface area contributed by atoms with Gasteiger partial charge in [0.25, 0.3) is 0 Å². The van der Waals surface area contributed by atoms with Crippen LogP contribution in [-0.2, 0) is 0 Å². The Hall–Kier alpha value is -3.73. The predicted molar refractivity (Wildman–Crippen MR) is 111 cm³/mol. The van der Waals surface area contributed by atoms with Crippen LogP contribution >= 0.6 is 0 Å². The van der Waals surface area contributed by atoms with Gasteiger partial charge in [0.1, 0.15) is 12.7 Å². The SMILES string of the molecule is C=CCOc1ccc(C2C3CN(C)CC=C3C(C#N)=C(N)C2(C#N)C#N)cc1OC. The van der Waals surface area contributed by atoms with E-state index in [1.807, 2.05) is 19.2 Å². The van der Waals surface area contributed by atoms with Crippen LogP contribution in [0.5, 0.6) is 11.5 Å². The molecule has 2 unspecified atom stereocenters. The molecule has 1 aliphatic carbocycles. The quantitative estimate of drug-likeness (QED) is 0.753. The summed E-state index contributed by atoms with van der Waals surface area (Å²) in [6.45, 7) is 5.23. The van der Waals surface area contributed by atoms with Gasteiger partial charge in [-0.3, -0.25) is 0 Å². The first-order chi connectivity index (χ1) is 14.5. The maximum Gasteiger partial charge on any atom is 0.191 e. The first-order valence-corrected chi connectivity index (χ1v) is 9.50. The lowest BCUT2D eigenvalue weighted by Crippen LogP contribution is -2.47. The number of hydrogen-bond donors (Lipinski definition) is 1. The Morgan fingerprint density at radius 2 is 2.03 bits per heavy atom. The second kappa shape index (κ2) is 8.33. The van der Waals surface area contributed by atoms with Gasteiger partial charge in [-0.1, -0.05) is 24.8 Å². The fourth-order valence-corrected chi connectivity index (χ4v) is 4.35. The van der Waals surface area contributed by atoms with Crippen molar-refractivity contribution >= 4 is 0 Å². The van der Waals surface area contributed by atoms with Gasteiger partial charge in [-0.2, -0.15) is 15.8 Å². The standard InChI is InChI=1S/C23H23N5O2/c1-4-9-30-19-6-5-15(10-20(19)29-3)21-18-12-28(2)8-7-16(18)17(11-24)22(27)23(21,13-25)14-26/h4-7,10,18,21H,1,8-9,12,27H2,2-3H3. The Bertz CT molecular complexity index is 1040. The molecule has 1 heterocycles. The van der Waals surface area contributed by atoms with Crippen molar-refractivity contribution in [2.24, 2.45) is 17.1 Å². The molecule has 2 N–H and O–H groups in total. The summed E-state index contributed by atoms with van der Waals surface area (Å²) in [4.78, 5) is 2.09. The number of ether oxygens (including phenoxy) is 2. The van der Waals surface area contributed by atoms with Gasteiger partial charge < -0.3 is 20.1 Å². The topological polar surface area (TPSA) is 119 Å². The molecular weight excluding hydrogens is 378 g/mol. The average Bonchev–Trinajstić information content (AvgIpc) is 2.77. The third-order valence-corrected chi connectivity index (χ3v) is 5.75. The number of nitrogens with zero attached hydrogens (tertiary/aromatic N) is 4. The summed E-state index contributed by atoms with van der Waals surface area (Å²) in [6, 6.07) is 11.8. The highest BCUT2D eigenvalue weighted by atomic mass is 16.5. The summed E-state index contributed by atoms with van der Waals surface area (Å²) in [5, 5.41) is 30.0. The first kappa shape index (κ1) is 21.0. The number of rotatable bonds is 5. The lowest BCUT2D eigenvalue weighted by atomic mass is 9.58. The van der Waals surface area contributed by atoms with Gasteiger partial charge in [-0.25, -0.2) is 0 Å². The van der Waals surface area contributed by atoms with E-state index in [0.717, 1.165) is 11.1 Å². The molecule has 2 aliphatic rings. The normalized spacial score (nSPS) is 22.6. The third-order valence-electron chi connectivity index (χ3n) is 5.75. The summed E-state index contributed by atoms with van der Waals surface area (Å²) in [7, 11) is 3.50. The molecular formula is C23H23N5O2. The van der Waals surface area contributed by atoms with Crippen LogP contribution in [-0.4, -0.2) is 38.8 Å². The van der Waals surface area contributed by atoms with Crippen LogP contribution in [0, 0.1) is 45.3 Å². The Morgan fingerprint density at radius 1 is 1.30 bits per heavy atom. The molecule has 0 radical (unpaired) electrons. The second-order valence-electron chi connectivity index (χ2n) is 7.41. The van der Waals surface area contributed by atoms with Crippen LogP contribution in [0.15, 0.2) is 53.8 Å². The highest BCUT2D eigenvalue weighted by Gasteiger charge is 2.54. The zero-order valence-electron chi connectivity index (χ0n) is 17.1. The monoisotopic (exact) mass is 401 g/mol. The van der Waals surface area contributed by atoms with Gasteiger partial charge in [-0.05, 0) is 30.3 Å². The van der Waals surface area contributed by atoms with Gasteiger partial charge in [-0.15, -0.1) is 0 Å². The van der Waals surface area contributed by atoms with E-state index in [4.69, 9.17) is 15.2 Å². The minimum absolute atomic E-state index is 0.0120. The molecule has 3 rings (SSSR count). The summed E-state index contributed by atoms with van der Waals surface area (Å²) in [6.07, 6.45) is 3.60. The fraction of sp³-hybridized carbons (Fsp3) is 0.348. The van der Waals surface area contributed by atoms with Gasteiger partial charge in [0.15, 0.2) is 16.9 Å². The van der Waals surface area contributed by atoms with E-state index < -0.39 is 11.3 Å². The summed E-state index contributed by atoms with van der Waals surface area (Å²) >= 11 is 0. The highest BCUT2D eigenvalue weighted by Crippen LogP contribution is 2.54. The van der Waals surface area contributed by atoms with E-state index in [2.05, 4.69) is 29.7 Å². The second-order valence-corrected chi connectivity index (χ2v) is 7.41. The van der Waals surface area contributed by atoms with Crippen molar-refractivity contribution in [2.45, 2.75) is 5.92 Å².